The number of pyridine rings is 1. The maximum absolute atomic E-state index is 13.2. The predicted octanol–water partition coefficient (Wildman–Crippen LogP) is 3.98. The molecule has 0 spiro atoms. The second-order valence-electron chi connectivity index (χ2n) is 4.85. The lowest BCUT2D eigenvalue weighted by molar-refractivity contribution is -0.137. The number of nitrogens with zero attached hydrogens (tertiary/aromatic N) is 2. The highest BCUT2D eigenvalue weighted by Gasteiger charge is 2.36. The SMILES string of the molecule is FC1(F)CCCN(Cc2cnc(Cl)c(C(F)(F)F)c2)C1. The molecule has 1 aromatic rings. The molecule has 0 atom stereocenters. The number of alkyl halides is 5. The molecule has 1 fully saturated rings. The number of likely N-dealkylation sites (tertiary alicyclic amines) is 1. The van der Waals surface area contributed by atoms with Crippen LogP contribution in [0.15, 0.2) is 12.3 Å². The molecule has 0 radical (unpaired) electrons. The van der Waals surface area contributed by atoms with Gasteiger partial charge >= 0.3 is 6.18 Å². The second kappa shape index (κ2) is 5.44. The number of rotatable bonds is 2. The Bertz CT molecular complexity index is 489. The molecule has 0 aromatic carbocycles. The molecular formula is C12H12ClF5N2. The van der Waals surface area contributed by atoms with Gasteiger partial charge in [0.2, 0.25) is 0 Å². The van der Waals surface area contributed by atoms with Gasteiger partial charge in [-0.1, -0.05) is 11.6 Å². The first-order valence-corrected chi connectivity index (χ1v) is 6.37. The largest absolute Gasteiger partial charge is 0.419 e. The van der Waals surface area contributed by atoms with Gasteiger partial charge in [-0.3, -0.25) is 4.90 Å². The third-order valence-corrected chi connectivity index (χ3v) is 3.38. The van der Waals surface area contributed by atoms with Gasteiger partial charge in [0.25, 0.3) is 5.92 Å². The lowest BCUT2D eigenvalue weighted by Crippen LogP contribution is -2.42. The Labute approximate surface area is 117 Å². The summed E-state index contributed by atoms with van der Waals surface area (Å²) in [7, 11) is 0. The van der Waals surface area contributed by atoms with Gasteiger partial charge in [-0.15, -0.1) is 0 Å². The molecule has 2 nitrogen and oxygen atoms in total. The highest BCUT2D eigenvalue weighted by atomic mass is 35.5. The van der Waals surface area contributed by atoms with Gasteiger partial charge in [0, 0.05) is 19.2 Å². The van der Waals surface area contributed by atoms with Crippen molar-refractivity contribution in [1.82, 2.24) is 9.88 Å². The van der Waals surface area contributed by atoms with Crippen LogP contribution in [0.4, 0.5) is 22.0 Å². The zero-order chi connectivity index (χ0) is 15.0. The highest BCUT2D eigenvalue weighted by Crippen LogP contribution is 2.34. The zero-order valence-electron chi connectivity index (χ0n) is 10.4. The Morgan fingerprint density at radius 3 is 2.65 bits per heavy atom. The van der Waals surface area contributed by atoms with Crippen molar-refractivity contribution < 1.29 is 22.0 Å². The third kappa shape index (κ3) is 3.79. The van der Waals surface area contributed by atoms with Crippen LogP contribution < -0.4 is 0 Å². The molecule has 1 aliphatic heterocycles. The van der Waals surface area contributed by atoms with E-state index in [0.29, 0.717) is 13.0 Å². The van der Waals surface area contributed by atoms with E-state index < -0.39 is 29.4 Å². The molecule has 1 aromatic heterocycles. The molecule has 0 bridgehead atoms. The molecule has 1 aliphatic rings. The Kier molecular flexibility index (Phi) is 4.20. The monoisotopic (exact) mass is 314 g/mol. The molecular weight excluding hydrogens is 303 g/mol. The van der Waals surface area contributed by atoms with Crippen molar-refractivity contribution in [2.24, 2.45) is 0 Å². The van der Waals surface area contributed by atoms with Gasteiger partial charge in [0.05, 0.1) is 12.1 Å². The Morgan fingerprint density at radius 2 is 2.05 bits per heavy atom. The Balaban J connectivity index is 2.14. The minimum atomic E-state index is -4.61. The van der Waals surface area contributed by atoms with Crippen LogP contribution in [-0.4, -0.2) is 28.9 Å². The van der Waals surface area contributed by atoms with Crippen LogP contribution >= 0.6 is 11.6 Å². The van der Waals surface area contributed by atoms with Gasteiger partial charge in [-0.25, -0.2) is 13.8 Å². The second-order valence-corrected chi connectivity index (χ2v) is 5.21. The van der Waals surface area contributed by atoms with Crippen molar-refractivity contribution in [1.29, 1.82) is 0 Å². The smallest absolute Gasteiger partial charge is 0.293 e. The molecule has 112 valence electrons. The fourth-order valence-corrected chi connectivity index (χ4v) is 2.43. The number of halogens is 6. The van der Waals surface area contributed by atoms with Crippen molar-refractivity contribution in [2.75, 3.05) is 13.1 Å². The molecule has 8 heteroatoms. The first-order chi connectivity index (χ1) is 9.17. The van der Waals surface area contributed by atoms with Crippen LogP contribution in [0.2, 0.25) is 5.15 Å². The van der Waals surface area contributed by atoms with E-state index in [1.807, 2.05) is 0 Å². The minimum absolute atomic E-state index is 0.00282. The summed E-state index contributed by atoms with van der Waals surface area (Å²) in [5, 5.41) is -0.634. The van der Waals surface area contributed by atoms with Crippen molar-refractivity contribution in [3.63, 3.8) is 0 Å². The van der Waals surface area contributed by atoms with Crippen LogP contribution in [-0.2, 0) is 12.7 Å². The number of piperidine rings is 1. The van der Waals surface area contributed by atoms with E-state index in [4.69, 9.17) is 11.6 Å². The maximum Gasteiger partial charge on any atom is 0.419 e. The summed E-state index contributed by atoms with van der Waals surface area (Å²) in [6.45, 7) is -0.0145. The van der Waals surface area contributed by atoms with Crippen molar-refractivity contribution >= 4 is 11.6 Å². The normalized spacial score (nSPS) is 20.1. The van der Waals surface area contributed by atoms with E-state index in [-0.39, 0.29) is 18.5 Å². The molecule has 20 heavy (non-hydrogen) atoms. The van der Waals surface area contributed by atoms with E-state index in [2.05, 4.69) is 4.98 Å². The lowest BCUT2D eigenvalue weighted by Gasteiger charge is -2.32. The standard InChI is InChI=1S/C12H12ClF5N2/c13-10-9(12(16,17)18)4-8(5-19-10)6-20-3-1-2-11(14,15)7-20/h4-5H,1-3,6-7H2. The highest BCUT2D eigenvalue weighted by molar-refractivity contribution is 6.30. The molecule has 2 heterocycles. The summed E-state index contributed by atoms with van der Waals surface area (Å²) in [6, 6.07) is 0.863. The van der Waals surface area contributed by atoms with Crippen molar-refractivity contribution in [3.05, 3.63) is 28.5 Å². The summed E-state index contributed by atoms with van der Waals surface area (Å²) in [5.41, 5.74) is -0.820. The average molecular weight is 315 g/mol. The molecule has 1 saturated heterocycles. The zero-order valence-corrected chi connectivity index (χ0v) is 11.1. The predicted molar refractivity (Wildman–Crippen MR) is 63.7 cm³/mol. The van der Waals surface area contributed by atoms with Crippen LogP contribution in [0.1, 0.15) is 24.0 Å². The summed E-state index contributed by atoms with van der Waals surface area (Å²) in [6.07, 6.45) is -3.29. The van der Waals surface area contributed by atoms with Gasteiger partial charge < -0.3 is 0 Å². The van der Waals surface area contributed by atoms with Crippen LogP contribution in [0.5, 0.6) is 0 Å². The molecule has 0 aliphatic carbocycles. The Hall–Kier alpha value is -0.950. The lowest BCUT2D eigenvalue weighted by atomic mass is 10.1. The van der Waals surface area contributed by atoms with E-state index in [1.54, 1.807) is 0 Å². The van der Waals surface area contributed by atoms with E-state index in [9.17, 15) is 22.0 Å². The first kappa shape index (κ1) is 15.4. The van der Waals surface area contributed by atoms with E-state index in [0.717, 1.165) is 6.07 Å². The number of hydrogen-bond donors (Lipinski definition) is 0. The van der Waals surface area contributed by atoms with E-state index in [1.165, 1.54) is 11.1 Å². The minimum Gasteiger partial charge on any atom is -0.293 e. The van der Waals surface area contributed by atoms with E-state index >= 15 is 0 Å². The number of aromatic nitrogens is 1. The fourth-order valence-electron chi connectivity index (χ4n) is 2.22. The topological polar surface area (TPSA) is 16.1 Å². The number of hydrogen-bond acceptors (Lipinski definition) is 2. The van der Waals surface area contributed by atoms with Gasteiger partial charge in [0.15, 0.2) is 0 Å². The van der Waals surface area contributed by atoms with Gasteiger partial charge in [-0.05, 0) is 24.6 Å². The van der Waals surface area contributed by atoms with Gasteiger partial charge in [-0.2, -0.15) is 13.2 Å². The van der Waals surface area contributed by atoms with Crippen molar-refractivity contribution in [2.45, 2.75) is 31.5 Å². The van der Waals surface area contributed by atoms with Crippen LogP contribution in [0.25, 0.3) is 0 Å². The average Bonchev–Trinajstić information content (AvgIpc) is 2.29. The first-order valence-electron chi connectivity index (χ1n) is 5.99. The quantitative estimate of drug-likeness (QED) is 0.606. The fraction of sp³-hybridized carbons (Fsp3) is 0.583. The summed E-state index contributed by atoms with van der Waals surface area (Å²) in [5.74, 6) is -2.79. The summed E-state index contributed by atoms with van der Waals surface area (Å²) in [4.78, 5) is 4.90. The molecule has 0 N–H and O–H groups in total. The molecule has 0 amide bonds. The summed E-state index contributed by atoms with van der Waals surface area (Å²) >= 11 is 5.40. The third-order valence-electron chi connectivity index (χ3n) is 3.08. The summed E-state index contributed by atoms with van der Waals surface area (Å²) < 4.78 is 64.5. The van der Waals surface area contributed by atoms with Crippen LogP contribution in [0.3, 0.4) is 0 Å². The van der Waals surface area contributed by atoms with Crippen LogP contribution in [0, 0.1) is 0 Å². The maximum atomic E-state index is 13.2. The van der Waals surface area contributed by atoms with Gasteiger partial charge in [0.1, 0.15) is 5.15 Å². The molecule has 2 rings (SSSR count). The Morgan fingerprint density at radius 1 is 1.35 bits per heavy atom. The molecule has 0 unspecified atom stereocenters. The van der Waals surface area contributed by atoms with Crippen molar-refractivity contribution in [3.8, 4) is 0 Å². The molecule has 0 saturated carbocycles.